The maximum absolute atomic E-state index is 12.1. The van der Waals surface area contributed by atoms with Gasteiger partial charge in [0.15, 0.2) is 0 Å². The van der Waals surface area contributed by atoms with Gasteiger partial charge in [0.2, 0.25) is 5.91 Å². The van der Waals surface area contributed by atoms with E-state index in [2.05, 4.69) is 4.98 Å². The van der Waals surface area contributed by atoms with Gasteiger partial charge >= 0.3 is 0 Å². The van der Waals surface area contributed by atoms with Crippen molar-refractivity contribution in [3.8, 4) is 0 Å². The van der Waals surface area contributed by atoms with Crippen LogP contribution >= 0.6 is 11.6 Å². The zero-order chi connectivity index (χ0) is 13.4. The molecule has 0 bridgehead atoms. The summed E-state index contributed by atoms with van der Waals surface area (Å²) in [6, 6.07) is -0.185. The molecule has 2 heterocycles. The number of piperidine rings is 1. The van der Waals surface area contributed by atoms with Crippen LogP contribution in [0.4, 0.5) is 0 Å². The van der Waals surface area contributed by atoms with Gasteiger partial charge in [0.25, 0.3) is 0 Å². The van der Waals surface area contributed by atoms with Crippen LogP contribution in [-0.4, -0.2) is 32.4 Å². The van der Waals surface area contributed by atoms with E-state index < -0.39 is 0 Å². The summed E-state index contributed by atoms with van der Waals surface area (Å²) in [7, 11) is 1.84. The van der Waals surface area contributed by atoms with Crippen LogP contribution in [0.1, 0.15) is 38.6 Å². The number of carbonyl (C=O) groups is 1. The van der Waals surface area contributed by atoms with E-state index in [1.165, 1.54) is 0 Å². The van der Waals surface area contributed by atoms with Gasteiger partial charge in [-0.3, -0.25) is 4.79 Å². The molecule has 2 rings (SSSR count). The second kappa shape index (κ2) is 4.90. The highest BCUT2D eigenvalue weighted by Crippen LogP contribution is 2.32. The van der Waals surface area contributed by atoms with Gasteiger partial charge in [0.05, 0.1) is 6.20 Å². The number of rotatable bonds is 2. The molecule has 0 spiro atoms. The smallest absolute Gasteiger partial charge is 0.223 e. The zero-order valence-electron chi connectivity index (χ0n) is 10.9. The molecule has 0 aromatic carbocycles. The number of amides is 1. The van der Waals surface area contributed by atoms with Crippen molar-refractivity contribution >= 4 is 17.5 Å². The Bertz CT molecular complexity index is 457. The number of likely N-dealkylation sites (tertiary alicyclic amines) is 1. The quantitative estimate of drug-likeness (QED) is 0.885. The van der Waals surface area contributed by atoms with Crippen molar-refractivity contribution in [2.75, 3.05) is 0 Å². The first kappa shape index (κ1) is 13.4. The van der Waals surface area contributed by atoms with Crippen LogP contribution in [0.15, 0.2) is 6.20 Å². The Morgan fingerprint density at radius 2 is 2.22 bits per heavy atom. The number of hydrogen-bond donors (Lipinski definition) is 1. The molecule has 2 unspecified atom stereocenters. The number of nitrogens with zero attached hydrogens (tertiary/aromatic N) is 3. The Kier molecular flexibility index (Phi) is 3.64. The van der Waals surface area contributed by atoms with E-state index >= 15 is 0 Å². The van der Waals surface area contributed by atoms with Crippen LogP contribution in [0.3, 0.4) is 0 Å². The van der Waals surface area contributed by atoms with Crippen LogP contribution in [0.2, 0.25) is 5.15 Å². The molecule has 1 fully saturated rings. The molecule has 1 aliphatic heterocycles. The Morgan fingerprint density at radius 1 is 1.56 bits per heavy atom. The number of aromatic nitrogens is 2. The summed E-state index contributed by atoms with van der Waals surface area (Å²) in [5.41, 5.74) is 6.19. The summed E-state index contributed by atoms with van der Waals surface area (Å²) in [5, 5.41) is 0.555. The first-order valence-corrected chi connectivity index (χ1v) is 6.55. The monoisotopic (exact) mass is 270 g/mol. The lowest BCUT2D eigenvalue weighted by Crippen LogP contribution is -2.52. The average Bonchev–Trinajstić information content (AvgIpc) is 2.62. The van der Waals surface area contributed by atoms with Gasteiger partial charge in [-0.15, -0.1) is 0 Å². The number of carbonyl (C=O) groups excluding carboxylic acids is 1. The molecule has 2 atom stereocenters. The van der Waals surface area contributed by atoms with Crippen molar-refractivity contribution in [3.05, 3.63) is 17.2 Å². The van der Waals surface area contributed by atoms with Crippen molar-refractivity contribution in [2.45, 2.75) is 44.8 Å². The third-order valence-corrected chi connectivity index (χ3v) is 3.82. The number of nitrogens with two attached hydrogens (primary N) is 1. The first-order valence-electron chi connectivity index (χ1n) is 6.17. The Labute approximate surface area is 112 Å². The van der Waals surface area contributed by atoms with E-state index in [1.54, 1.807) is 10.8 Å². The predicted molar refractivity (Wildman–Crippen MR) is 70.2 cm³/mol. The van der Waals surface area contributed by atoms with E-state index in [9.17, 15) is 4.79 Å². The van der Waals surface area contributed by atoms with Crippen molar-refractivity contribution in [2.24, 2.45) is 12.8 Å². The van der Waals surface area contributed by atoms with Gasteiger partial charge in [0, 0.05) is 25.6 Å². The normalized spacial score (nSPS) is 25.0. The second-order valence-corrected chi connectivity index (χ2v) is 5.43. The summed E-state index contributed by atoms with van der Waals surface area (Å²) in [6.07, 6.45) is 2.80. The Hall–Kier alpha value is -1.07. The number of imidazole rings is 1. The third kappa shape index (κ3) is 2.12. The fourth-order valence-corrected chi connectivity index (χ4v) is 2.68. The Morgan fingerprint density at radius 3 is 2.72 bits per heavy atom. The molecule has 6 heteroatoms. The second-order valence-electron chi connectivity index (χ2n) is 5.04. The van der Waals surface area contributed by atoms with E-state index in [0.717, 1.165) is 5.82 Å². The fraction of sp³-hybridized carbons (Fsp3) is 0.667. The lowest BCUT2D eigenvalue weighted by molar-refractivity contribution is -0.140. The lowest BCUT2D eigenvalue weighted by Gasteiger charge is -2.41. The largest absolute Gasteiger partial charge is 0.328 e. The average molecular weight is 271 g/mol. The molecule has 0 saturated carbocycles. The van der Waals surface area contributed by atoms with Gasteiger partial charge < -0.3 is 15.2 Å². The van der Waals surface area contributed by atoms with Gasteiger partial charge in [-0.25, -0.2) is 4.98 Å². The van der Waals surface area contributed by atoms with Crippen LogP contribution in [0, 0.1) is 0 Å². The molecule has 100 valence electrons. The topological polar surface area (TPSA) is 64.2 Å². The summed E-state index contributed by atoms with van der Waals surface area (Å²) in [5.74, 6) is 0.894. The molecule has 1 saturated heterocycles. The molecular weight excluding hydrogens is 252 g/mol. The van der Waals surface area contributed by atoms with E-state index in [4.69, 9.17) is 17.3 Å². The van der Waals surface area contributed by atoms with Crippen LogP contribution in [0.5, 0.6) is 0 Å². The maximum atomic E-state index is 12.1. The zero-order valence-corrected chi connectivity index (χ0v) is 11.7. The molecule has 18 heavy (non-hydrogen) atoms. The molecule has 5 nitrogen and oxygen atoms in total. The van der Waals surface area contributed by atoms with Gasteiger partial charge in [-0.1, -0.05) is 11.6 Å². The van der Waals surface area contributed by atoms with Gasteiger partial charge in [0.1, 0.15) is 17.0 Å². The van der Waals surface area contributed by atoms with Crippen molar-refractivity contribution in [3.63, 3.8) is 0 Å². The van der Waals surface area contributed by atoms with Crippen molar-refractivity contribution in [1.29, 1.82) is 0 Å². The molecule has 1 aromatic heterocycles. The minimum atomic E-state index is -0.191. The summed E-state index contributed by atoms with van der Waals surface area (Å²) in [6.45, 7) is 3.99. The molecule has 0 radical (unpaired) electrons. The third-order valence-electron chi connectivity index (χ3n) is 3.47. The number of halogens is 1. The highest BCUT2D eigenvalue weighted by atomic mass is 35.5. The Balaban J connectivity index is 2.43. The van der Waals surface area contributed by atoms with Crippen LogP contribution < -0.4 is 5.73 Å². The van der Waals surface area contributed by atoms with E-state index in [1.807, 2.05) is 25.8 Å². The lowest BCUT2D eigenvalue weighted by atomic mass is 9.94. The van der Waals surface area contributed by atoms with Crippen LogP contribution in [-0.2, 0) is 11.8 Å². The molecule has 1 aromatic rings. The highest BCUT2D eigenvalue weighted by Gasteiger charge is 2.38. The summed E-state index contributed by atoms with van der Waals surface area (Å²) < 4.78 is 1.79. The first-order chi connectivity index (χ1) is 8.43. The van der Waals surface area contributed by atoms with Crippen LogP contribution in [0.25, 0.3) is 0 Å². The van der Waals surface area contributed by atoms with E-state index in [-0.39, 0.29) is 24.0 Å². The highest BCUT2D eigenvalue weighted by molar-refractivity contribution is 6.29. The standard InChI is InChI=1S/C12H19ClN4O/c1-7(2)17-10(18)5-4-8(14)11(17)12-15-6-9(13)16(12)3/h6-8,11H,4-5,14H2,1-3H3. The maximum Gasteiger partial charge on any atom is 0.223 e. The fourth-order valence-electron chi connectivity index (χ4n) is 2.54. The van der Waals surface area contributed by atoms with Crippen molar-refractivity contribution in [1.82, 2.24) is 14.5 Å². The number of hydrogen-bond acceptors (Lipinski definition) is 3. The van der Waals surface area contributed by atoms with Crippen molar-refractivity contribution < 1.29 is 4.79 Å². The SMILES string of the molecule is CC(C)N1C(=O)CCC(N)C1c1ncc(Cl)n1C. The molecule has 2 N–H and O–H groups in total. The van der Waals surface area contributed by atoms with Gasteiger partial charge in [-0.2, -0.15) is 0 Å². The van der Waals surface area contributed by atoms with Gasteiger partial charge in [-0.05, 0) is 20.3 Å². The molecular formula is C12H19ClN4O. The summed E-state index contributed by atoms with van der Waals surface area (Å²) in [4.78, 5) is 18.2. The predicted octanol–water partition coefficient (Wildman–Crippen LogP) is 1.47. The molecule has 0 aliphatic carbocycles. The minimum absolute atomic E-state index is 0.0951. The minimum Gasteiger partial charge on any atom is -0.328 e. The molecule has 1 amide bonds. The molecule has 1 aliphatic rings. The summed E-state index contributed by atoms with van der Waals surface area (Å²) >= 11 is 6.02. The van der Waals surface area contributed by atoms with E-state index in [0.29, 0.717) is 18.0 Å².